The molecular formula is C12H12N2O. The number of pyridine rings is 2. The van der Waals surface area contributed by atoms with E-state index in [0.717, 1.165) is 17.1 Å². The Morgan fingerprint density at radius 2 is 1.67 bits per heavy atom. The monoisotopic (exact) mass is 200 g/mol. The van der Waals surface area contributed by atoms with E-state index in [0.29, 0.717) is 5.69 Å². The average Bonchev–Trinajstić information content (AvgIpc) is 2.29. The second-order valence-electron chi connectivity index (χ2n) is 3.34. The molecular weight excluding hydrogens is 188 g/mol. The van der Waals surface area contributed by atoms with Gasteiger partial charge in [-0.25, -0.2) is 4.98 Å². The van der Waals surface area contributed by atoms with Crippen LogP contribution >= 0.6 is 0 Å². The van der Waals surface area contributed by atoms with E-state index in [9.17, 15) is 0 Å². The lowest BCUT2D eigenvalue weighted by Gasteiger charge is -2.02. The van der Waals surface area contributed by atoms with Gasteiger partial charge in [0.2, 0.25) is 0 Å². The highest BCUT2D eigenvalue weighted by atomic mass is 16.3. The predicted octanol–water partition coefficient (Wildman–Crippen LogP) is 1.94. The summed E-state index contributed by atoms with van der Waals surface area (Å²) in [7, 11) is 0. The molecule has 2 aromatic rings. The van der Waals surface area contributed by atoms with Crippen LogP contribution in [0.2, 0.25) is 0 Å². The third-order valence-corrected chi connectivity index (χ3v) is 2.12. The van der Waals surface area contributed by atoms with Crippen molar-refractivity contribution in [1.82, 2.24) is 9.97 Å². The number of aliphatic hydroxyl groups is 1. The Bertz CT molecular complexity index is 469. The van der Waals surface area contributed by atoms with Gasteiger partial charge in [-0.1, -0.05) is 12.1 Å². The van der Waals surface area contributed by atoms with Crippen LogP contribution in [0.5, 0.6) is 0 Å². The maximum absolute atomic E-state index is 8.98. The first-order valence-electron chi connectivity index (χ1n) is 4.80. The predicted molar refractivity (Wildman–Crippen MR) is 58.1 cm³/mol. The quantitative estimate of drug-likeness (QED) is 0.805. The summed E-state index contributed by atoms with van der Waals surface area (Å²) in [5.41, 5.74) is 3.26. The summed E-state index contributed by atoms with van der Waals surface area (Å²) < 4.78 is 0. The average molecular weight is 200 g/mol. The number of aryl methyl sites for hydroxylation is 1. The van der Waals surface area contributed by atoms with Crippen LogP contribution in [-0.4, -0.2) is 15.1 Å². The molecule has 0 saturated heterocycles. The summed E-state index contributed by atoms with van der Waals surface area (Å²) in [5.74, 6) is 0. The minimum atomic E-state index is -0.0420. The Balaban J connectivity index is 2.44. The van der Waals surface area contributed by atoms with Crippen LogP contribution in [0.1, 0.15) is 11.4 Å². The summed E-state index contributed by atoms with van der Waals surface area (Å²) in [5, 5.41) is 8.98. The first-order chi connectivity index (χ1) is 7.29. The van der Waals surface area contributed by atoms with E-state index >= 15 is 0 Å². The first-order valence-corrected chi connectivity index (χ1v) is 4.80. The highest BCUT2D eigenvalue weighted by molar-refractivity contribution is 5.54. The molecule has 2 aromatic heterocycles. The minimum Gasteiger partial charge on any atom is -0.390 e. The third-order valence-electron chi connectivity index (χ3n) is 2.12. The third kappa shape index (κ3) is 2.19. The molecule has 0 bridgehead atoms. The molecule has 76 valence electrons. The summed E-state index contributed by atoms with van der Waals surface area (Å²) in [6, 6.07) is 11.4. The molecule has 1 N–H and O–H groups in total. The van der Waals surface area contributed by atoms with Crippen molar-refractivity contribution in [3.05, 3.63) is 47.8 Å². The fourth-order valence-electron chi connectivity index (χ4n) is 1.40. The van der Waals surface area contributed by atoms with Crippen LogP contribution < -0.4 is 0 Å². The molecule has 0 spiro atoms. The van der Waals surface area contributed by atoms with Crippen molar-refractivity contribution < 1.29 is 5.11 Å². The summed E-state index contributed by atoms with van der Waals surface area (Å²) in [4.78, 5) is 8.66. The van der Waals surface area contributed by atoms with Crippen LogP contribution in [0, 0.1) is 6.92 Å². The van der Waals surface area contributed by atoms with Crippen LogP contribution in [-0.2, 0) is 6.61 Å². The molecule has 2 heterocycles. The molecule has 0 fully saturated rings. The van der Waals surface area contributed by atoms with Gasteiger partial charge in [0.25, 0.3) is 0 Å². The lowest BCUT2D eigenvalue weighted by Crippen LogP contribution is -1.93. The van der Waals surface area contributed by atoms with Gasteiger partial charge in [-0.2, -0.15) is 0 Å². The number of aromatic nitrogens is 2. The molecule has 3 nitrogen and oxygen atoms in total. The molecule has 0 aromatic carbocycles. The maximum atomic E-state index is 8.98. The second-order valence-corrected chi connectivity index (χ2v) is 3.34. The molecule has 2 rings (SSSR count). The molecule has 0 aliphatic heterocycles. The Hall–Kier alpha value is -1.74. The first kappa shape index (κ1) is 9.80. The smallest absolute Gasteiger partial charge is 0.0890 e. The van der Waals surface area contributed by atoms with E-state index < -0.39 is 0 Å². The zero-order valence-electron chi connectivity index (χ0n) is 8.51. The van der Waals surface area contributed by atoms with Crippen LogP contribution in [0.25, 0.3) is 11.4 Å². The number of aliphatic hydroxyl groups excluding tert-OH is 1. The zero-order valence-corrected chi connectivity index (χ0v) is 8.51. The molecule has 0 atom stereocenters. The molecule has 0 unspecified atom stereocenters. The van der Waals surface area contributed by atoms with Gasteiger partial charge in [-0.3, -0.25) is 4.98 Å². The van der Waals surface area contributed by atoms with Crippen LogP contribution in [0.4, 0.5) is 0 Å². The van der Waals surface area contributed by atoms with E-state index in [2.05, 4.69) is 9.97 Å². The van der Waals surface area contributed by atoms with E-state index in [-0.39, 0.29) is 6.61 Å². The van der Waals surface area contributed by atoms with E-state index in [1.807, 2.05) is 37.3 Å². The van der Waals surface area contributed by atoms with Crippen molar-refractivity contribution in [3.63, 3.8) is 0 Å². The minimum absolute atomic E-state index is 0.0420. The topological polar surface area (TPSA) is 46.0 Å². The molecule has 0 aliphatic carbocycles. The molecule has 0 amide bonds. The summed E-state index contributed by atoms with van der Waals surface area (Å²) >= 11 is 0. The normalized spacial score (nSPS) is 10.3. The number of nitrogens with zero attached hydrogens (tertiary/aromatic N) is 2. The van der Waals surface area contributed by atoms with Gasteiger partial charge in [0, 0.05) is 5.69 Å². The van der Waals surface area contributed by atoms with Crippen LogP contribution in [0.3, 0.4) is 0 Å². The largest absolute Gasteiger partial charge is 0.390 e. The van der Waals surface area contributed by atoms with Gasteiger partial charge >= 0.3 is 0 Å². The van der Waals surface area contributed by atoms with E-state index in [4.69, 9.17) is 5.11 Å². The Morgan fingerprint density at radius 1 is 1.00 bits per heavy atom. The standard InChI is InChI=1S/C12H12N2O/c1-9-4-2-6-11(13-9)12-7-3-5-10(8-15)14-12/h2-7,15H,8H2,1H3. The van der Waals surface area contributed by atoms with Gasteiger partial charge in [0.05, 0.1) is 23.7 Å². The van der Waals surface area contributed by atoms with Crippen LogP contribution in [0.15, 0.2) is 36.4 Å². The van der Waals surface area contributed by atoms with E-state index in [1.165, 1.54) is 0 Å². The lowest BCUT2D eigenvalue weighted by molar-refractivity contribution is 0.277. The summed E-state index contributed by atoms with van der Waals surface area (Å²) in [6.07, 6.45) is 0. The van der Waals surface area contributed by atoms with Gasteiger partial charge < -0.3 is 5.11 Å². The molecule has 0 saturated carbocycles. The Morgan fingerprint density at radius 3 is 2.33 bits per heavy atom. The zero-order chi connectivity index (χ0) is 10.7. The van der Waals surface area contributed by atoms with Gasteiger partial charge in [-0.05, 0) is 31.2 Å². The van der Waals surface area contributed by atoms with Crippen molar-refractivity contribution in [2.45, 2.75) is 13.5 Å². The second kappa shape index (κ2) is 4.19. The van der Waals surface area contributed by atoms with E-state index in [1.54, 1.807) is 6.07 Å². The van der Waals surface area contributed by atoms with Crippen molar-refractivity contribution in [3.8, 4) is 11.4 Å². The van der Waals surface area contributed by atoms with Gasteiger partial charge in [-0.15, -0.1) is 0 Å². The molecule has 15 heavy (non-hydrogen) atoms. The molecule has 0 aliphatic rings. The number of hydrogen-bond donors (Lipinski definition) is 1. The highest BCUT2D eigenvalue weighted by Gasteiger charge is 2.01. The highest BCUT2D eigenvalue weighted by Crippen LogP contribution is 2.14. The number of hydrogen-bond acceptors (Lipinski definition) is 3. The fraction of sp³-hybridized carbons (Fsp3) is 0.167. The van der Waals surface area contributed by atoms with Crippen molar-refractivity contribution in [2.75, 3.05) is 0 Å². The Labute approximate surface area is 88.5 Å². The van der Waals surface area contributed by atoms with Gasteiger partial charge in [0.15, 0.2) is 0 Å². The number of rotatable bonds is 2. The molecule has 0 radical (unpaired) electrons. The van der Waals surface area contributed by atoms with Crippen molar-refractivity contribution in [1.29, 1.82) is 0 Å². The maximum Gasteiger partial charge on any atom is 0.0890 e. The molecule has 3 heteroatoms. The SMILES string of the molecule is Cc1cccc(-c2cccc(CO)n2)n1. The van der Waals surface area contributed by atoms with Crippen molar-refractivity contribution in [2.24, 2.45) is 0 Å². The van der Waals surface area contributed by atoms with Crippen molar-refractivity contribution >= 4 is 0 Å². The Kier molecular flexibility index (Phi) is 2.74. The fourth-order valence-corrected chi connectivity index (χ4v) is 1.40. The lowest BCUT2D eigenvalue weighted by atomic mass is 10.2. The van der Waals surface area contributed by atoms with Gasteiger partial charge in [0.1, 0.15) is 0 Å². The summed E-state index contributed by atoms with van der Waals surface area (Å²) in [6.45, 7) is 1.90.